The summed E-state index contributed by atoms with van der Waals surface area (Å²) < 4.78 is 34.0. The SMILES string of the molecule is COC(=O)C1(Nc2cccc(Cl)c2)CCC2(CC1)C(Br)=Cc1c2ccc(F)c1F. The summed E-state index contributed by atoms with van der Waals surface area (Å²) in [6, 6.07) is 9.99. The highest BCUT2D eigenvalue weighted by Crippen LogP contribution is 2.56. The van der Waals surface area contributed by atoms with E-state index >= 15 is 0 Å². The number of methoxy groups -OCH3 is 1. The number of benzene rings is 2. The highest BCUT2D eigenvalue weighted by atomic mass is 79.9. The van der Waals surface area contributed by atoms with Crippen molar-refractivity contribution in [1.82, 2.24) is 0 Å². The van der Waals surface area contributed by atoms with E-state index in [1.54, 1.807) is 24.3 Å². The minimum absolute atomic E-state index is 0.283. The van der Waals surface area contributed by atoms with Gasteiger partial charge in [-0.15, -0.1) is 0 Å². The Labute approximate surface area is 181 Å². The maximum Gasteiger partial charge on any atom is 0.331 e. The molecule has 2 aromatic carbocycles. The smallest absolute Gasteiger partial charge is 0.331 e. The zero-order valence-electron chi connectivity index (χ0n) is 15.7. The summed E-state index contributed by atoms with van der Waals surface area (Å²) in [7, 11) is 1.37. The first kappa shape index (κ1) is 20.4. The van der Waals surface area contributed by atoms with Crippen LogP contribution in [-0.2, 0) is 14.9 Å². The Kier molecular flexibility index (Phi) is 5.20. The van der Waals surface area contributed by atoms with Crippen LogP contribution in [0.15, 0.2) is 40.9 Å². The molecule has 2 aliphatic rings. The Morgan fingerprint density at radius 3 is 2.55 bits per heavy atom. The van der Waals surface area contributed by atoms with Crippen LogP contribution < -0.4 is 5.32 Å². The number of hydrogen-bond acceptors (Lipinski definition) is 3. The van der Waals surface area contributed by atoms with Crippen molar-refractivity contribution < 1.29 is 18.3 Å². The van der Waals surface area contributed by atoms with E-state index in [2.05, 4.69) is 21.2 Å². The Hall–Kier alpha value is -1.92. The quantitative estimate of drug-likeness (QED) is 0.529. The van der Waals surface area contributed by atoms with Gasteiger partial charge in [-0.05, 0) is 61.6 Å². The molecule has 0 saturated heterocycles. The van der Waals surface area contributed by atoms with E-state index in [1.165, 1.54) is 13.2 Å². The Morgan fingerprint density at radius 1 is 1.17 bits per heavy atom. The van der Waals surface area contributed by atoms with Crippen LogP contribution in [0.25, 0.3) is 6.08 Å². The normalized spacial score (nSPS) is 25.5. The van der Waals surface area contributed by atoms with Crippen molar-refractivity contribution in [3.05, 3.63) is 68.7 Å². The second-order valence-corrected chi connectivity index (χ2v) is 8.90. The molecule has 0 atom stereocenters. The summed E-state index contributed by atoms with van der Waals surface area (Å²) in [4.78, 5) is 12.8. The van der Waals surface area contributed by atoms with Gasteiger partial charge in [-0.3, -0.25) is 0 Å². The van der Waals surface area contributed by atoms with Crippen molar-refractivity contribution in [3.63, 3.8) is 0 Å². The third-order valence-electron chi connectivity index (χ3n) is 6.12. The molecule has 0 aliphatic heterocycles. The standard InChI is InChI=1S/C22H19BrClF2NO2/c1-29-20(28)22(27-14-4-2-3-13(24)11-14)9-7-21(8-10-22)16-5-6-17(25)19(26)15(16)12-18(21)23/h2-6,11-12,27H,7-10H2,1H3. The van der Waals surface area contributed by atoms with Gasteiger partial charge in [-0.2, -0.15) is 0 Å². The van der Waals surface area contributed by atoms with Gasteiger partial charge >= 0.3 is 5.97 Å². The lowest BCUT2D eigenvalue weighted by atomic mass is 9.65. The van der Waals surface area contributed by atoms with Gasteiger partial charge in [-0.1, -0.05) is 39.7 Å². The van der Waals surface area contributed by atoms with Gasteiger partial charge in [0.15, 0.2) is 11.6 Å². The zero-order valence-corrected chi connectivity index (χ0v) is 18.0. The first-order chi connectivity index (χ1) is 13.8. The summed E-state index contributed by atoms with van der Waals surface area (Å²) >= 11 is 9.67. The fraction of sp³-hybridized carbons (Fsp3) is 0.318. The molecular formula is C22H19BrClF2NO2. The van der Waals surface area contributed by atoms with Crippen molar-refractivity contribution >= 4 is 45.3 Å². The van der Waals surface area contributed by atoms with Gasteiger partial charge in [0, 0.05) is 26.2 Å². The number of fused-ring (bicyclic) bond motifs is 2. The minimum atomic E-state index is -0.917. The van der Waals surface area contributed by atoms with Crippen molar-refractivity contribution in [3.8, 4) is 0 Å². The molecule has 0 bridgehead atoms. The van der Waals surface area contributed by atoms with E-state index in [-0.39, 0.29) is 11.5 Å². The van der Waals surface area contributed by atoms with Gasteiger partial charge < -0.3 is 10.1 Å². The third kappa shape index (κ3) is 3.26. The topological polar surface area (TPSA) is 38.3 Å². The minimum Gasteiger partial charge on any atom is -0.467 e. The number of ether oxygens (including phenoxy) is 1. The number of carbonyl (C=O) groups is 1. The summed E-state index contributed by atoms with van der Waals surface area (Å²) in [6.45, 7) is 0. The molecule has 0 heterocycles. The van der Waals surface area contributed by atoms with Crippen molar-refractivity contribution in [1.29, 1.82) is 0 Å². The number of nitrogens with one attached hydrogen (secondary N) is 1. The molecule has 152 valence electrons. The van der Waals surface area contributed by atoms with Gasteiger partial charge in [0.05, 0.1) is 7.11 Å². The molecule has 29 heavy (non-hydrogen) atoms. The van der Waals surface area contributed by atoms with Crippen molar-refractivity contribution in [2.24, 2.45) is 0 Å². The van der Waals surface area contributed by atoms with E-state index in [4.69, 9.17) is 16.3 Å². The second kappa shape index (κ2) is 7.40. The fourth-order valence-corrected chi connectivity index (χ4v) is 5.58. The lowest BCUT2D eigenvalue weighted by molar-refractivity contribution is -0.147. The maximum atomic E-state index is 14.3. The number of esters is 1. The first-order valence-corrected chi connectivity index (χ1v) is 10.5. The van der Waals surface area contributed by atoms with Gasteiger partial charge in [0.25, 0.3) is 0 Å². The summed E-state index contributed by atoms with van der Waals surface area (Å²) in [5.41, 5.74) is 0.375. The molecule has 0 amide bonds. The molecule has 1 N–H and O–H groups in total. The number of rotatable bonds is 3. The first-order valence-electron chi connectivity index (χ1n) is 9.30. The van der Waals surface area contributed by atoms with Crippen LogP contribution in [0.4, 0.5) is 14.5 Å². The molecule has 2 aliphatic carbocycles. The van der Waals surface area contributed by atoms with Crippen molar-refractivity contribution in [2.45, 2.75) is 36.6 Å². The highest BCUT2D eigenvalue weighted by Gasteiger charge is 2.52. The van der Waals surface area contributed by atoms with Crippen LogP contribution >= 0.6 is 27.5 Å². The predicted octanol–water partition coefficient (Wildman–Crippen LogP) is 6.20. The monoisotopic (exact) mass is 481 g/mol. The summed E-state index contributed by atoms with van der Waals surface area (Å²) in [5, 5.41) is 3.89. The molecule has 1 saturated carbocycles. The van der Waals surface area contributed by atoms with E-state index in [0.717, 1.165) is 15.7 Å². The zero-order chi connectivity index (χ0) is 20.8. The molecule has 1 fully saturated rings. The highest BCUT2D eigenvalue weighted by molar-refractivity contribution is 9.11. The number of hydrogen-bond donors (Lipinski definition) is 1. The van der Waals surface area contributed by atoms with Crippen LogP contribution in [0.5, 0.6) is 0 Å². The number of anilines is 1. The average molecular weight is 483 g/mol. The molecule has 2 aromatic rings. The lowest BCUT2D eigenvalue weighted by Gasteiger charge is -2.45. The van der Waals surface area contributed by atoms with E-state index in [0.29, 0.717) is 30.7 Å². The molecule has 1 spiro atoms. The number of carbonyl (C=O) groups excluding carboxylic acids is 1. The van der Waals surface area contributed by atoms with Crippen LogP contribution in [0, 0.1) is 11.6 Å². The fourth-order valence-electron chi connectivity index (χ4n) is 4.55. The predicted molar refractivity (Wildman–Crippen MR) is 113 cm³/mol. The average Bonchev–Trinajstić information content (AvgIpc) is 2.98. The molecule has 4 rings (SSSR count). The largest absolute Gasteiger partial charge is 0.467 e. The van der Waals surface area contributed by atoms with Crippen LogP contribution in [0.3, 0.4) is 0 Å². The third-order valence-corrected chi connectivity index (χ3v) is 7.34. The molecule has 0 aromatic heterocycles. The van der Waals surface area contributed by atoms with Crippen LogP contribution in [0.1, 0.15) is 36.8 Å². The van der Waals surface area contributed by atoms with Gasteiger partial charge in [-0.25, -0.2) is 13.6 Å². The van der Waals surface area contributed by atoms with E-state index in [1.807, 2.05) is 12.1 Å². The van der Waals surface area contributed by atoms with Crippen LogP contribution in [0.2, 0.25) is 5.02 Å². The van der Waals surface area contributed by atoms with Gasteiger partial charge in [0.2, 0.25) is 0 Å². The molecule has 0 radical (unpaired) electrons. The Morgan fingerprint density at radius 2 is 1.90 bits per heavy atom. The number of allylic oxidation sites excluding steroid dienone is 1. The van der Waals surface area contributed by atoms with Crippen LogP contribution in [-0.4, -0.2) is 18.6 Å². The summed E-state index contributed by atoms with van der Waals surface area (Å²) in [6.07, 6.45) is 3.74. The number of halogens is 4. The lowest BCUT2D eigenvalue weighted by Crippen LogP contribution is -2.52. The Bertz CT molecular complexity index is 1020. The maximum absolute atomic E-state index is 14.3. The Balaban J connectivity index is 1.67. The molecule has 7 heteroatoms. The molecule has 3 nitrogen and oxygen atoms in total. The summed E-state index contributed by atoms with van der Waals surface area (Å²) in [5.74, 6) is -2.05. The van der Waals surface area contributed by atoms with E-state index < -0.39 is 22.6 Å². The van der Waals surface area contributed by atoms with Gasteiger partial charge in [0.1, 0.15) is 5.54 Å². The molecule has 0 unspecified atom stereocenters. The molecular weight excluding hydrogens is 464 g/mol. The van der Waals surface area contributed by atoms with E-state index in [9.17, 15) is 13.6 Å². The second-order valence-electron chi connectivity index (χ2n) is 7.61. The van der Waals surface area contributed by atoms with Crippen molar-refractivity contribution in [2.75, 3.05) is 12.4 Å².